The highest BCUT2D eigenvalue weighted by Crippen LogP contribution is 2.65. The number of carbonyl (C=O) groups is 2. The van der Waals surface area contributed by atoms with Crippen LogP contribution < -0.4 is 14.7 Å². The van der Waals surface area contributed by atoms with Gasteiger partial charge in [-0.1, -0.05) is 31.1 Å². The number of aliphatic hydroxyl groups is 1. The van der Waals surface area contributed by atoms with Crippen LogP contribution in [0.2, 0.25) is 0 Å². The molecule has 0 radical (unpaired) electrons. The van der Waals surface area contributed by atoms with E-state index in [4.69, 9.17) is 4.98 Å². The monoisotopic (exact) mass is 612 g/mol. The number of nitrogens with zero attached hydrogens (tertiary/aromatic N) is 6. The number of aromatic nitrogens is 2. The Kier molecular flexibility index (Phi) is 8.51. The van der Waals surface area contributed by atoms with Gasteiger partial charge in [-0.15, -0.1) is 12.4 Å². The standard InChI is InChI=1S/C33H48N6O3.ClH/c1-31-12-9-23(40)19-22(31)7-8-24-25(31)10-13-32(2)26(24)11-14-33(32,42)27(41)21-38-15-17-39(18-16-38)29-20-28(36(3)4)34-30(35-29)37(5)6;/h10,19-20,24,26,42H,7-9,11-18,21H2,1-6H3;1H/t24-,26+,31+,32+,33+;/m1./s1. The van der Waals surface area contributed by atoms with Crippen LogP contribution in [0.25, 0.3) is 0 Å². The number of ketones is 2. The fourth-order valence-corrected chi connectivity index (χ4v) is 8.80. The number of carbonyl (C=O) groups excluding carboxylic acids is 2. The fourth-order valence-electron chi connectivity index (χ4n) is 8.80. The van der Waals surface area contributed by atoms with Crippen molar-refractivity contribution in [2.75, 3.05) is 75.6 Å². The number of hydrogen-bond acceptors (Lipinski definition) is 9. The van der Waals surface area contributed by atoms with Gasteiger partial charge in [-0.3, -0.25) is 14.5 Å². The first-order valence-electron chi connectivity index (χ1n) is 15.8. The maximum atomic E-state index is 14.0. The number of rotatable bonds is 6. The van der Waals surface area contributed by atoms with Gasteiger partial charge in [0.15, 0.2) is 11.6 Å². The molecule has 0 bridgehead atoms. The molecule has 0 aromatic carbocycles. The van der Waals surface area contributed by atoms with Gasteiger partial charge < -0.3 is 19.8 Å². The summed E-state index contributed by atoms with van der Waals surface area (Å²) in [4.78, 5) is 43.9. The van der Waals surface area contributed by atoms with Crippen LogP contribution in [0, 0.1) is 22.7 Å². The van der Waals surface area contributed by atoms with Crippen LogP contribution in [0.5, 0.6) is 0 Å². The normalized spacial score (nSPS) is 33.8. The van der Waals surface area contributed by atoms with E-state index >= 15 is 0 Å². The SMILES string of the molecule is CN(C)c1cc(N2CCN(CC(=O)[C@@]3(O)CC[C@H]4[C@@H]5CCC6=CC(=O)CC[C@]6(C)C5=CC[C@@]43C)CC2)nc(N(C)C)n1.Cl. The van der Waals surface area contributed by atoms with E-state index in [-0.39, 0.29) is 35.9 Å². The molecule has 4 aliphatic carbocycles. The zero-order valence-electron chi connectivity index (χ0n) is 26.7. The largest absolute Gasteiger partial charge is 0.381 e. The summed E-state index contributed by atoms with van der Waals surface area (Å²) in [6.07, 6.45) is 9.91. The summed E-state index contributed by atoms with van der Waals surface area (Å²) in [6.45, 7) is 7.82. The van der Waals surface area contributed by atoms with Crippen molar-refractivity contribution in [1.82, 2.24) is 14.9 Å². The molecule has 5 aliphatic rings. The highest BCUT2D eigenvalue weighted by atomic mass is 35.5. The smallest absolute Gasteiger partial charge is 0.228 e. The molecule has 0 unspecified atom stereocenters. The van der Waals surface area contributed by atoms with Gasteiger partial charge in [0, 0.05) is 77.7 Å². The molecule has 1 aliphatic heterocycles. The minimum Gasteiger partial charge on any atom is -0.381 e. The van der Waals surface area contributed by atoms with Gasteiger partial charge in [0.05, 0.1) is 6.54 Å². The molecule has 1 saturated heterocycles. The van der Waals surface area contributed by atoms with E-state index in [9.17, 15) is 14.7 Å². The molecule has 5 atom stereocenters. The Bertz CT molecular complexity index is 1310. The first-order chi connectivity index (χ1) is 19.9. The summed E-state index contributed by atoms with van der Waals surface area (Å²) in [7, 11) is 7.87. The van der Waals surface area contributed by atoms with Gasteiger partial charge in [0.25, 0.3) is 0 Å². The Morgan fingerprint density at radius 3 is 2.42 bits per heavy atom. The van der Waals surface area contributed by atoms with Crippen molar-refractivity contribution in [2.24, 2.45) is 22.7 Å². The second-order valence-electron chi connectivity index (χ2n) is 14.3. The Hall–Kier alpha value is -2.49. The molecule has 0 spiro atoms. The summed E-state index contributed by atoms with van der Waals surface area (Å²) in [5, 5.41) is 12.2. The third-order valence-electron chi connectivity index (χ3n) is 11.6. The average molecular weight is 613 g/mol. The highest BCUT2D eigenvalue weighted by molar-refractivity contribution is 5.92. The average Bonchev–Trinajstić information content (AvgIpc) is 3.25. The topological polar surface area (TPSA) is 93.1 Å². The molecule has 236 valence electrons. The number of fused-ring (bicyclic) bond motifs is 5. The van der Waals surface area contributed by atoms with Crippen LogP contribution in [-0.2, 0) is 9.59 Å². The van der Waals surface area contributed by atoms with Gasteiger partial charge in [0.2, 0.25) is 5.95 Å². The van der Waals surface area contributed by atoms with Crippen molar-refractivity contribution in [1.29, 1.82) is 0 Å². The Labute approximate surface area is 262 Å². The fraction of sp³-hybridized carbons (Fsp3) is 0.697. The summed E-state index contributed by atoms with van der Waals surface area (Å²) >= 11 is 0. The molecule has 1 aromatic heterocycles. The number of Topliss-reactive ketones (excluding diaryl/α,β-unsaturated/α-hetero) is 1. The lowest BCUT2D eigenvalue weighted by atomic mass is 9.50. The van der Waals surface area contributed by atoms with Crippen LogP contribution >= 0.6 is 12.4 Å². The molecule has 1 aromatic rings. The van der Waals surface area contributed by atoms with Crippen molar-refractivity contribution in [2.45, 2.75) is 64.4 Å². The molecule has 3 fully saturated rings. The zero-order valence-corrected chi connectivity index (χ0v) is 27.5. The number of hydrogen-bond donors (Lipinski definition) is 1. The van der Waals surface area contributed by atoms with Crippen molar-refractivity contribution in [3.05, 3.63) is 29.4 Å². The Balaban J connectivity index is 0.00000368. The second-order valence-corrected chi connectivity index (χ2v) is 14.3. The molecule has 1 N–H and O–H groups in total. The molecule has 9 nitrogen and oxygen atoms in total. The predicted octanol–water partition coefficient (Wildman–Crippen LogP) is 3.90. The van der Waals surface area contributed by atoms with Crippen LogP contribution in [0.1, 0.15) is 58.8 Å². The Morgan fingerprint density at radius 2 is 1.74 bits per heavy atom. The van der Waals surface area contributed by atoms with Crippen molar-refractivity contribution >= 4 is 41.6 Å². The minimum atomic E-state index is -1.30. The first-order valence-corrected chi connectivity index (χ1v) is 15.8. The second kappa shape index (κ2) is 11.5. The van der Waals surface area contributed by atoms with E-state index < -0.39 is 11.0 Å². The number of halogens is 1. The lowest BCUT2D eigenvalue weighted by Crippen LogP contribution is -2.58. The molecule has 43 heavy (non-hydrogen) atoms. The van der Waals surface area contributed by atoms with Gasteiger partial charge >= 0.3 is 0 Å². The maximum Gasteiger partial charge on any atom is 0.228 e. The maximum absolute atomic E-state index is 14.0. The van der Waals surface area contributed by atoms with Gasteiger partial charge in [-0.05, 0) is 56.4 Å². The van der Waals surface area contributed by atoms with E-state index in [1.807, 2.05) is 50.1 Å². The van der Waals surface area contributed by atoms with Crippen molar-refractivity contribution < 1.29 is 14.7 Å². The molecular weight excluding hydrogens is 564 g/mol. The lowest BCUT2D eigenvalue weighted by Gasteiger charge is -2.54. The van der Waals surface area contributed by atoms with Crippen LogP contribution in [0.3, 0.4) is 0 Å². The van der Waals surface area contributed by atoms with Crippen LogP contribution in [0.4, 0.5) is 17.6 Å². The molecule has 6 rings (SSSR count). The van der Waals surface area contributed by atoms with E-state index in [1.165, 1.54) is 11.1 Å². The summed E-state index contributed by atoms with van der Waals surface area (Å²) < 4.78 is 0. The third-order valence-corrected chi connectivity index (χ3v) is 11.6. The third kappa shape index (κ3) is 5.19. The van der Waals surface area contributed by atoms with E-state index in [0.717, 1.165) is 69.9 Å². The van der Waals surface area contributed by atoms with Gasteiger partial charge in [-0.2, -0.15) is 9.97 Å². The minimum absolute atomic E-state index is 0. The lowest BCUT2D eigenvalue weighted by molar-refractivity contribution is -0.154. The number of anilines is 3. The summed E-state index contributed by atoms with van der Waals surface area (Å²) in [6, 6.07) is 2.02. The van der Waals surface area contributed by atoms with E-state index in [2.05, 4.69) is 34.7 Å². The number of allylic oxidation sites excluding steroid dienone is 4. The first kappa shape index (κ1) is 31.9. The predicted molar refractivity (Wildman–Crippen MR) is 173 cm³/mol. The molecular formula is C33H49ClN6O3. The van der Waals surface area contributed by atoms with Crippen LogP contribution in [0.15, 0.2) is 29.4 Å². The van der Waals surface area contributed by atoms with E-state index in [0.29, 0.717) is 30.6 Å². The highest BCUT2D eigenvalue weighted by Gasteiger charge is 2.64. The molecule has 2 heterocycles. The quantitative estimate of drug-likeness (QED) is 0.480. The van der Waals surface area contributed by atoms with Crippen molar-refractivity contribution in [3.63, 3.8) is 0 Å². The van der Waals surface area contributed by atoms with Crippen molar-refractivity contribution in [3.8, 4) is 0 Å². The summed E-state index contributed by atoms with van der Waals surface area (Å²) in [5.74, 6) is 3.38. The summed E-state index contributed by atoms with van der Waals surface area (Å²) in [5.41, 5.74) is 0.985. The van der Waals surface area contributed by atoms with E-state index in [1.54, 1.807) is 0 Å². The molecule has 0 amide bonds. The molecule has 2 saturated carbocycles. The van der Waals surface area contributed by atoms with Gasteiger partial charge in [-0.25, -0.2) is 0 Å². The van der Waals surface area contributed by atoms with Gasteiger partial charge in [0.1, 0.15) is 17.2 Å². The molecule has 10 heteroatoms. The zero-order chi connectivity index (χ0) is 30.0. The number of piperazine rings is 1. The Morgan fingerprint density at radius 1 is 1.02 bits per heavy atom. The van der Waals surface area contributed by atoms with Crippen LogP contribution in [-0.4, -0.2) is 98.1 Å².